The average Bonchev–Trinajstić information content (AvgIpc) is 3.16. The van der Waals surface area contributed by atoms with Gasteiger partial charge in [0.15, 0.2) is 5.82 Å². The lowest BCUT2D eigenvalue weighted by atomic mass is 9.93. The minimum Gasteiger partial charge on any atom is -0.469 e. The maximum absolute atomic E-state index is 13.1. The van der Waals surface area contributed by atoms with Gasteiger partial charge in [0.25, 0.3) is 0 Å². The van der Waals surface area contributed by atoms with Crippen molar-refractivity contribution in [3.05, 3.63) is 29.8 Å². The highest BCUT2D eigenvalue weighted by Gasteiger charge is 2.33. The number of aryl methyl sites for hydroxylation is 2. The third kappa shape index (κ3) is 4.55. The summed E-state index contributed by atoms with van der Waals surface area (Å²) < 4.78 is 6.67. The monoisotopic (exact) mass is 426 g/mol. The summed E-state index contributed by atoms with van der Waals surface area (Å²) in [4.78, 5) is 37.8. The molecule has 1 amide bonds. The number of piperidine rings is 2. The number of aromatic nitrogens is 4. The Morgan fingerprint density at radius 1 is 1.00 bits per heavy atom. The van der Waals surface area contributed by atoms with E-state index in [0.717, 1.165) is 42.4 Å². The topological polar surface area (TPSA) is 93.5 Å². The largest absolute Gasteiger partial charge is 0.469 e. The summed E-state index contributed by atoms with van der Waals surface area (Å²) in [6.07, 6.45) is 4.72. The van der Waals surface area contributed by atoms with Crippen LogP contribution in [0.5, 0.6) is 0 Å². The van der Waals surface area contributed by atoms with Crippen LogP contribution in [0, 0.1) is 25.7 Å². The predicted molar refractivity (Wildman–Crippen MR) is 115 cm³/mol. The molecule has 2 saturated heterocycles. The Hall–Kier alpha value is -2.97. The summed E-state index contributed by atoms with van der Waals surface area (Å²) in [7, 11) is 1.42. The number of hydrogen-bond acceptors (Lipinski definition) is 7. The number of amides is 1. The van der Waals surface area contributed by atoms with E-state index in [0.29, 0.717) is 32.5 Å². The summed E-state index contributed by atoms with van der Waals surface area (Å²) in [5, 5.41) is 4.51. The van der Waals surface area contributed by atoms with Crippen LogP contribution in [-0.2, 0) is 14.3 Å². The number of carbonyl (C=O) groups excluding carboxylic acids is 2. The second-order valence-electron chi connectivity index (χ2n) is 8.48. The molecule has 4 rings (SSSR count). The zero-order chi connectivity index (χ0) is 22.0. The maximum Gasteiger partial charge on any atom is 0.308 e. The van der Waals surface area contributed by atoms with Gasteiger partial charge in [0.05, 0.1) is 24.6 Å². The fraction of sp³-hybridized carbons (Fsp3) is 0.591. The molecule has 31 heavy (non-hydrogen) atoms. The summed E-state index contributed by atoms with van der Waals surface area (Å²) in [5.41, 5.74) is 1.96. The van der Waals surface area contributed by atoms with Crippen LogP contribution in [0.3, 0.4) is 0 Å². The highest BCUT2D eigenvalue weighted by Crippen LogP contribution is 2.26. The van der Waals surface area contributed by atoms with Crippen LogP contribution in [0.4, 0.5) is 5.82 Å². The van der Waals surface area contributed by atoms with Gasteiger partial charge in [-0.2, -0.15) is 5.10 Å². The molecule has 1 unspecified atom stereocenters. The van der Waals surface area contributed by atoms with Crippen molar-refractivity contribution in [3.63, 3.8) is 0 Å². The molecule has 0 spiro atoms. The van der Waals surface area contributed by atoms with Crippen LogP contribution >= 0.6 is 0 Å². The molecule has 2 aliphatic heterocycles. The molecule has 9 nitrogen and oxygen atoms in total. The Morgan fingerprint density at radius 3 is 2.42 bits per heavy atom. The van der Waals surface area contributed by atoms with Crippen molar-refractivity contribution >= 4 is 17.7 Å². The van der Waals surface area contributed by atoms with Crippen molar-refractivity contribution in [3.8, 4) is 5.82 Å². The van der Waals surface area contributed by atoms with Gasteiger partial charge in [-0.25, -0.2) is 14.6 Å². The van der Waals surface area contributed by atoms with Crippen LogP contribution < -0.4 is 4.90 Å². The van der Waals surface area contributed by atoms with E-state index in [1.807, 2.05) is 35.6 Å². The highest BCUT2D eigenvalue weighted by atomic mass is 16.5. The van der Waals surface area contributed by atoms with Gasteiger partial charge >= 0.3 is 5.97 Å². The quantitative estimate of drug-likeness (QED) is 0.690. The van der Waals surface area contributed by atoms with Crippen molar-refractivity contribution in [2.45, 2.75) is 39.5 Å². The van der Waals surface area contributed by atoms with E-state index in [4.69, 9.17) is 4.74 Å². The number of likely N-dealkylation sites (tertiary alicyclic amines) is 1. The van der Waals surface area contributed by atoms with Crippen LogP contribution in [0.1, 0.15) is 37.1 Å². The molecule has 0 radical (unpaired) electrons. The van der Waals surface area contributed by atoms with Gasteiger partial charge in [-0.1, -0.05) is 0 Å². The van der Waals surface area contributed by atoms with Gasteiger partial charge in [-0.05, 0) is 45.6 Å². The molecule has 0 bridgehead atoms. The first kappa shape index (κ1) is 21.3. The number of ether oxygens (including phenoxy) is 1. The molecule has 166 valence electrons. The zero-order valence-corrected chi connectivity index (χ0v) is 18.5. The van der Waals surface area contributed by atoms with E-state index in [9.17, 15) is 9.59 Å². The van der Waals surface area contributed by atoms with Gasteiger partial charge in [0.2, 0.25) is 5.91 Å². The van der Waals surface area contributed by atoms with Crippen molar-refractivity contribution < 1.29 is 14.3 Å². The van der Waals surface area contributed by atoms with Crippen LogP contribution in [0.25, 0.3) is 5.82 Å². The van der Waals surface area contributed by atoms with E-state index in [2.05, 4.69) is 20.0 Å². The first-order valence-corrected chi connectivity index (χ1v) is 10.9. The maximum atomic E-state index is 13.1. The summed E-state index contributed by atoms with van der Waals surface area (Å²) >= 11 is 0. The molecule has 0 saturated carbocycles. The lowest BCUT2D eigenvalue weighted by Crippen LogP contribution is -2.48. The number of esters is 1. The van der Waals surface area contributed by atoms with E-state index >= 15 is 0 Å². The van der Waals surface area contributed by atoms with Gasteiger partial charge in [0, 0.05) is 37.9 Å². The Kier molecular flexibility index (Phi) is 6.20. The Labute approximate surface area is 182 Å². The smallest absolute Gasteiger partial charge is 0.308 e. The second-order valence-corrected chi connectivity index (χ2v) is 8.48. The highest BCUT2D eigenvalue weighted by molar-refractivity contribution is 5.80. The number of methoxy groups -OCH3 is 1. The number of rotatable bonds is 4. The molecule has 9 heteroatoms. The van der Waals surface area contributed by atoms with Gasteiger partial charge < -0.3 is 14.5 Å². The number of anilines is 1. The third-order valence-electron chi connectivity index (χ3n) is 6.30. The predicted octanol–water partition coefficient (Wildman–Crippen LogP) is 1.91. The molecule has 2 aromatic rings. The van der Waals surface area contributed by atoms with Crippen molar-refractivity contribution in [2.24, 2.45) is 11.8 Å². The van der Waals surface area contributed by atoms with E-state index in [-0.39, 0.29) is 23.7 Å². The molecule has 0 aromatic carbocycles. The Bertz CT molecular complexity index is 950. The fourth-order valence-corrected chi connectivity index (χ4v) is 4.63. The summed E-state index contributed by atoms with van der Waals surface area (Å²) in [6, 6.07) is 3.95. The van der Waals surface area contributed by atoms with E-state index in [1.54, 1.807) is 6.33 Å². The van der Waals surface area contributed by atoms with Crippen molar-refractivity contribution in [2.75, 3.05) is 38.2 Å². The molecule has 0 N–H and O–H groups in total. The number of nitrogens with zero attached hydrogens (tertiary/aromatic N) is 6. The number of hydrogen-bond donors (Lipinski definition) is 0. The Morgan fingerprint density at radius 2 is 1.74 bits per heavy atom. The van der Waals surface area contributed by atoms with Crippen molar-refractivity contribution in [1.29, 1.82) is 0 Å². The zero-order valence-electron chi connectivity index (χ0n) is 18.5. The molecule has 0 aliphatic carbocycles. The summed E-state index contributed by atoms with van der Waals surface area (Å²) in [5.74, 6) is 1.41. The third-order valence-corrected chi connectivity index (χ3v) is 6.30. The fourth-order valence-electron chi connectivity index (χ4n) is 4.63. The lowest BCUT2D eigenvalue weighted by Gasteiger charge is -2.37. The van der Waals surface area contributed by atoms with E-state index in [1.165, 1.54) is 7.11 Å². The molecule has 2 aromatic heterocycles. The Balaban J connectivity index is 1.42. The molecule has 4 heterocycles. The minimum atomic E-state index is -0.168. The van der Waals surface area contributed by atoms with Gasteiger partial charge in [-0.15, -0.1) is 0 Å². The standard InChI is InChI=1S/C22H30N6O3/c1-15-11-16(2)28(25-15)20-12-19(23-14-24-20)27-8-4-5-18(13-27)21(29)26-9-6-17(7-10-26)22(30)31-3/h11-12,14,17-18H,4-10,13H2,1-3H3. The number of carbonyl (C=O) groups is 2. The lowest BCUT2D eigenvalue weighted by molar-refractivity contribution is -0.149. The SMILES string of the molecule is COC(=O)C1CCN(C(=O)C2CCCN(c3cc(-n4nc(C)cc4C)ncn3)C2)CC1. The van der Waals surface area contributed by atoms with Gasteiger partial charge in [-0.3, -0.25) is 9.59 Å². The minimum absolute atomic E-state index is 0.0597. The first-order chi connectivity index (χ1) is 15.0. The van der Waals surface area contributed by atoms with Gasteiger partial charge in [0.1, 0.15) is 12.1 Å². The molecule has 2 aliphatic rings. The van der Waals surface area contributed by atoms with Crippen molar-refractivity contribution in [1.82, 2.24) is 24.6 Å². The first-order valence-electron chi connectivity index (χ1n) is 10.9. The van der Waals surface area contributed by atoms with E-state index < -0.39 is 0 Å². The van der Waals surface area contributed by atoms with Crippen LogP contribution in [0.15, 0.2) is 18.5 Å². The molecule has 2 fully saturated rings. The average molecular weight is 427 g/mol. The molecular weight excluding hydrogens is 396 g/mol. The van der Waals surface area contributed by atoms with Crippen LogP contribution in [0.2, 0.25) is 0 Å². The molecular formula is C22H30N6O3. The van der Waals surface area contributed by atoms with Crippen LogP contribution in [-0.4, -0.2) is 69.8 Å². The summed E-state index contributed by atoms with van der Waals surface area (Å²) in [6.45, 7) is 6.70. The second kappa shape index (κ2) is 9.03. The normalized spacial score (nSPS) is 20.0. The molecule has 1 atom stereocenters.